The maximum absolute atomic E-state index is 14.6. The highest BCUT2D eigenvalue weighted by atomic mass is 32.2. The number of hydrogen-bond donors (Lipinski definition) is 1. The zero-order chi connectivity index (χ0) is 21.2. The molecular weight excluding hydrogens is 397 g/mol. The SMILES string of the molecule is CCc1cc(-c2c(F)cccc2C=CC(=O)O)ccc1S(=O)(=O)N(C)C[C@H]1CO1. The first-order chi connectivity index (χ1) is 13.7. The van der Waals surface area contributed by atoms with E-state index in [0.29, 0.717) is 29.7 Å². The van der Waals surface area contributed by atoms with Crippen LogP contribution in [0.25, 0.3) is 17.2 Å². The van der Waals surface area contributed by atoms with Gasteiger partial charge in [0, 0.05) is 25.2 Å². The summed E-state index contributed by atoms with van der Waals surface area (Å²) < 4.78 is 46.9. The van der Waals surface area contributed by atoms with Crippen molar-refractivity contribution in [2.75, 3.05) is 20.2 Å². The molecule has 0 bridgehead atoms. The Morgan fingerprint density at radius 1 is 1.34 bits per heavy atom. The molecule has 0 aliphatic carbocycles. The monoisotopic (exact) mass is 419 g/mol. The highest BCUT2D eigenvalue weighted by Gasteiger charge is 2.31. The summed E-state index contributed by atoms with van der Waals surface area (Å²) in [6, 6.07) is 9.05. The van der Waals surface area contributed by atoms with Gasteiger partial charge in [-0.05, 0) is 47.4 Å². The molecule has 1 atom stereocenters. The van der Waals surface area contributed by atoms with Gasteiger partial charge in [-0.2, -0.15) is 4.31 Å². The van der Waals surface area contributed by atoms with Crippen LogP contribution in [-0.2, 0) is 26.0 Å². The van der Waals surface area contributed by atoms with Crippen molar-refractivity contribution in [1.82, 2.24) is 4.31 Å². The summed E-state index contributed by atoms with van der Waals surface area (Å²) in [5.41, 5.74) is 1.66. The lowest BCUT2D eigenvalue weighted by atomic mass is 9.96. The molecule has 0 unspecified atom stereocenters. The summed E-state index contributed by atoms with van der Waals surface area (Å²) in [6.07, 6.45) is 2.62. The van der Waals surface area contributed by atoms with Crippen LogP contribution in [0.5, 0.6) is 0 Å². The van der Waals surface area contributed by atoms with E-state index in [1.165, 1.54) is 35.6 Å². The Labute approximate surface area is 169 Å². The highest BCUT2D eigenvalue weighted by molar-refractivity contribution is 7.89. The number of carbonyl (C=O) groups is 1. The first-order valence-electron chi connectivity index (χ1n) is 9.14. The summed E-state index contributed by atoms with van der Waals surface area (Å²) in [5, 5.41) is 8.87. The molecule has 29 heavy (non-hydrogen) atoms. The fourth-order valence-electron chi connectivity index (χ4n) is 3.13. The lowest BCUT2D eigenvalue weighted by Crippen LogP contribution is -2.31. The summed E-state index contributed by atoms with van der Waals surface area (Å²) >= 11 is 0. The number of aryl methyl sites for hydroxylation is 1. The van der Waals surface area contributed by atoms with Crippen molar-refractivity contribution in [2.45, 2.75) is 24.3 Å². The van der Waals surface area contributed by atoms with Crippen molar-refractivity contribution in [2.24, 2.45) is 0 Å². The van der Waals surface area contributed by atoms with Gasteiger partial charge < -0.3 is 9.84 Å². The van der Waals surface area contributed by atoms with E-state index in [1.807, 2.05) is 6.92 Å². The standard InChI is InChI=1S/C21H22FNO5S/c1-3-14-11-16(21-15(8-10-20(24)25)5-4-6-18(21)22)7-9-19(14)29(26,27)23(2)12-17-13-28-17/h4-11,17H,3,12-13H2,1-2H3,(H,24,25)/t17-/m0/s1. The minimum Gasteiger partial charge on any atom is -0.478 e. The van der Waals surface area contributed by atoms with Gasteiger partial charge in [-0.25, -0.2) is 17.6 Å². The third-order valence-corrected chi connectivity index (χ3v) is 6.66. The van der Waals surface area contributed by atoms with Crippen LogP contribution in [0.15, 0.2) is 47.4 Å². The summed E-state index contributed by atoms with van der Waals surface area (Å²) in [4.78, 5) is 11.0. The van der Waals surface area contributed by atoms with Crippen LogP contribution < -0.4 is 0 Å². The van der Waals surface area contributed by atoms with E-state index in [9.17, 15) is 17.6 Å². The smallest absolute Gasteiger partial charge is 0.328 e. The Morgan fingerprint density at radius 2 is 2.07 bits per heavy atom. The van der Waals surface area contributed by atoms with Crippen LogP contribution in [0.1, 0.15) is 18.1 Å². The van der Waals surface area contributed by atoms with E-state index >= 15 is 0 Å². The fourth-order valence-corrected chi connectivity index (χ4v) is 4.61. The summed E-state index contributed by atoms with van der Waals surface area (Å²) in [5.74, 6) is -1.66. The maximum Gasteiger partial charge on any atom is 0.328 e. The van der Waals surface area contributed by atoms with Crippen molar-refractivity contribution in [3.63, 3.8) is 0 Å². The second-order valence-corrected chi connectivity index (χ2v) is 8.81. The van der Waals surface area contributed by atoms with Gasteiger partial charge in [-0.1, -0.05) is 25.1 Å². The molecule has 0 aromatic heterocycles. The van der Waals surface area contributed by atoms with Gasteiger partial charge in [0.15, 0.2) is 0 Å². The largest absolute Gasteiger partial charge is 0.478 e. The summed E-state index contributed by atoms with van der Waals surface area (Å²) in [7, 11) is -2.20. The number of carboxylic acids is 1. The van der Waals surface area contributed by atoms with Gasteiger partial charge in [0.05, 0.1) is 17.6 Å². The van der Waals surface area contributed by atoms with E-state index < -0.39 is 21.8 Å². The van der Waals surface area contributed by atoms with Gasteiger partial charge in [0.2, 0.25) is 10.0 Å². The molecule has 0 amide bonds. The molecule has 0 radical (unpaired) electrons. The third kappa shape index (κ3) is 4.72. The lowest BCUT2D eigenvalue weighted by molar-refractivity contribution is -0.131. The molecule has 1 fully saturated rings. The van der Waals surface area contributed by atoms with Crippen molar-refractivity contribution in [3.05, 3.63) is 59.4 Å². The van der Waals surface area contributed by atoms with E-state index in [2.05, 4.69) is 0 Å². The van der Waals surface area contributed by atoms with Gasteiger partial charge in [0.25, 0.3) is 0 Å². The quantitative estimate of drug-likeness (QED) is 0.525. The molecule has 2 aromatic carbocycles. The number of hydrogen-bond acceptors (Lipinski definition) is 4. The first-order valence-corrected chi connectivity index (χ1v) is 10.6. The number of rotatable bonds is 8. The first kappa shape index (κ1) is 21.2. The number of ether oxygens (including phenoxy) is 1. The Bertz CT molecular complexity index is 1060. The van der Waals surface area contributed by atoms with Crippen LogP contribution in [0.3, 0.4) is 0 Å². The molecule has 0 saturated carbocycles. The van der Waals surface area contributed by atoms with Gasteiger partial charge in [-0.3, -0.25) is 0 Å². The molecule has 1 aliphatic rings. The zero-order valence-electron chi connectivity index (χ0n) is 16.1. The van der Waals surface area contributed by atoms with Crippen LogP contribution >= 0.6 is 0 Å². The van der Waals surface area contributed by atoms with E-state index in [0.717, 1.165) is 6.08 Å². The average Bonchev–Trinajstić information content (AvgIpc) is 3.49. The number of benzene rings is 2. The van der Waals surface area contributed by atoms with Crippen LogP contribution in [-0.4, -0.2) is 50.1 Å². The predicted molar refractivity (Wildman–Crippen MR) is 107 cm³/mol. The van der Waals surface area contributed by atoms with E-state index in [1.54, 1.807) is 18.2 Å². The van der Waals surface area contributed by atoms with E-state index in [4.69, 9.17) is 9.84 Å². The maximum atomic E-state index is 14.6. The van der Waals surface area contributed by atoms with Crippen LogP contribution in [0.4, 0.5) is 4.39 Å². The molecule has 0 spiro atoms. The molecule has 3 rings (SSSR count). The van der Waals surface area contributed by atoms with Crippen molar-refractivity contribution >= 4 is 22.1 Å². The normalized spacial score (nSPS) is 16.5. The van der Waals surface area contributed by atoms with Gasteiger partial charge >= 0.3 is 5.97 Å². The molecule has 8 heteroatoms. The van der Waals surface area contributed by atoms with Crippen LogP contribution in [0.2, 0.25) is 0 Å². The minimum absolute atomic E-state index is 0.0684. The van der Waals surface area contributed by atoms with Crippen LogP contribution in [0, 0.1) is 5.82 Å². The number of sulfonamides is 1. The zero-order valence-corrected chi connectivity index (χ0v) is 16.9. The van der Waals surface area contributed by atoms with Gasteiger partial charge in [-0.15, -0.1) is 0 Å². The predicted octanol–water partition coefficient (Wildman–Crippen LogP) is 3.17. The molecule has 6 nitrogen and oxygen atoms in total. The molecular formula is C21H22FNO5S. The second kappa shape index (κ2) is 8.44. The number of halogens is 1. The molecule has 154 valence electrons. The molecule has 1 N–H and O–H groups in total. The minimum atomic E-state index is -3.71. The molecule has 1 heterocycles. The third-order valence-electron chi connectivity index (χ3n) is 4.73. The second-order valence-electron chi connectivity index (χ2n) is 6.79. The number of likely N-dealkylation sites (N-methyl/N-ethyl adjacent to an activating group) is 1. The Balaban J connectivity index is 2.05. The van der Waals surface area contributed by atoms with Crippen molar-refractivity contribution in [3.8, 4) is 11.1 Å². The molecule has 2 aromatic rings. The topological polar surface area (TPSA) is 87.2 Å². The Morgan fingerprint density at radius 3 is 2.69 bits per heavy atom. The van der Waals surface area contributed by atoms with Gasteiger partial charge in [0.1, 0.15) is 5.82 Å². The highest BCUT2D eigenvalue weighted by Crippen LogP contribution is 2.32. The lowest BCUT2D eigenvalue weighted by Gasteiger charge is -2.19. The number of epoxide rings is 1. The number of carboxylic acid groups (broad SMARTS) is 1. The van der Waals surface area contributed by atoms with Crippen molar-refractivity contribution < 1.29 is 27.4 Å². The van der Waals surface area contributed by atoms with Crippen molar-refractivity contribution in [1.29, 1.82) is 0 Å². The Kier molecular flexibility index (Phi) is 6.16. The fraction of sp³-hybridized carbons (Fsp3) is 0.286. The number of aliphatic carboxylic acids is 1. The molecule has 1 aliphatic heterocycles. The van der Waals surface area contributed by atoms with E-state index in [-0.39, 0.29) is 23.1 Å². The molecule has 1 saturated heterocycles. The number of nitrogens with zero attached hydrogens (tertiary/aromatic N) is 1. The Hall–Kier alpha value is -2.55. The average molecular weight is 419 g/mol. The summed E-state index contributed by atoms with van der Waals surface area (Å²) in [6.45, 7) is 2.67.